The van der Waals surface area contributed by atoms with E-state index in [1.54, 1.807) is 9.80 Å². The van der Waals surface area contributed by atoms with Crippen LogP contribution in [0.15, 0.2) is 36.6 Å². The Labute approximate surface area is 256 Å². The Morgan fingerprint density at radius 1 is 1.19 bits per heavy atom. The van der Waals surface area contributed by atoms with Crippen molar-refractivity contribution in [3.05, 3.63) is 36.6 Å². The van der Waals surface area contributed by atoms with Gasteiger partial charge in [0.05, 0.1) is 24.1 Å². The molecule has 3 saturated heterocycles. The van der Waals surface area contributed by atoms with E-state index in [1.165, 1.54) is 12.2 Å². The maximum Gasteiger partial charge on any atom is 0.416 e. The molecule has 10 nitrogen and oxygen atoms in total. The Kier molecular flexibility index (Phi) is 9.71. The van der Waals surface area contributed by atoms with E-state index in [0.717, 1.165) is 18.5 Å². The van der Waals surface area contributed by atoms with Gasteiger partial charge in [-0.25, -0.2) is 14.5 Å². The van der Waals surface area contributed by atoms with Gasteiger partial charge in [-0.2, -0.15) is 0 Å². The van der Waals surface area contributed by atoms with E-state index in [0.29, 0.717) is 36.9 Å². The minimum atomic E-state index is -2.13. The third-order valence-electron chi connectivity index (χ3n) is 9.38. The lowest BCUT2D eigenvalue weighted by atomic mass is 9.74. The number of hydrogen-bond donors (Lipinski definition) is 1. The number of carbonyl (C=O) groups is 3. The summed E-state index contributed by atoms with van der Waals surface area (Å²) in [6.45, 7) is 22.6. The van der Waals surface area contributed by atoms with E-state index in [4.69, 9.17) is 26.1 Å². The summed E-state index contributed by atoms with van der Waals surface area (Å²) in [5.74, 6) is -1.04. The lowest BCUT2D eigenvalue weighted by Gasteiger charge is -2.51. The second-order valence-corrected chi connectivity index (χ2v) is 18.2. The summed E-state index contributed by atoms with van der Waals surface area (Å²) in [6, 6.07) is -0.316. The maximum atomic E-state index is 13.7. The number of nitrogens with one attached hydrogen (secondary N) is 1. The number of piperidine rings is 1. The van der Waals surface area contributed by atoms with Gasteiger partial charge in [0.1, 0.15) is 18.9 Å². The van der Waals surface area contributed by atoms with E-state index >= 15 is 0 Å². The molecule has 1 N–H and O–H groups in total. The summed E-state index contributed by atoms with van der Waals surface area (Å²) in [5.41, 5.74) is 1.12. The third-order valence-corrected chi connectivity index (χ3v) is 14.4. The number of carbonyl (C=O) groups excluding carboxylic acids is 3. The van der Waals surface area contributed by atoms with Crippen molar-refractivity contribution in [3.8, 4) is 0 Å². The molecule has 0 spiro atoms. The van der Waals surface area contributed by atoms with Crippen molar-refractivity contribution >= 4 is 43.6 Å². The molecule has 5 atom stereocenters. The van der Waals surface area contributed by atoms with Crippen LogP contribution in [0.1, 0.15) is 40.5 Å². The molecule has 4 heterocycles. The third kappa shape index (κ3) is 5.95. The van der Waals surface area contributed by atoms with Gasteiger partial charge in [-0.15, -0.1) is 0 Å². The lowest BCUT2D eigenvalue weighted by Crippen LogP contribution is -2.66. The Hall–Kier alpha value is -2.54. The summed E-state index contributed by atoms with van der Waals surface area (Å²) in [4.78, 5) is 45.3. The number of likely N-dealkylation sites (tertiary alicyclic amines) is 1. The Bertz CT molecular complexity index is 1160. The van der Waals surface area contributed by atoms with Crippen LogP contribution in [0.3, 0.4) is 0 Å². The van der Waals surface area contributed by atoms with Crippen LogP contribution in [-0.4, -0.2) is 104 Å². The van der Waals surface area contributed by atoms with Gasteiger partial charge in [0, 0.05) is 25.6 Å². The molecule has 0 radical (unpaired) electrons. The molecule has 0 aliphatic carbocycles. The highest BCUT2D eigenvalue weighted by molar-refractivity contribution is 7.80. The zero-order valence-corrected chi connectivity index (χ0v) is 27.6. The molecule has 0 bridgehead atoms. The van der Waals surface area contributed by atoms with Gasteiger partial charge in [-0.3, -0.25) is 4.79 Å². The molecule has 4 aliphatic rings. The lowest BCUT2D eigenvalue weighted by molar-refractivity contribution is -0.163. The molecule has 0 aromatic carbocycles. The maximum absolute atomic E-state index is 13.7. The van der Waals surface area contributed by atoms with E-state index in [9.17, 15) is 14.4 Å². The van der Waals surface area contributed by atoms with Crippen molar-refractivity contribution in [1.29, 1.82) is 0 Å². The number of ether oxygens (including phenoxy) is 2. The number of hydrogen-bond acceptors (Lipinski definition) is 8. The van der Waals surface area contributed by atoms with E-state index < -0.39 is 20.4 Å². The van der Waals surface area contributed by atoms with Gasteiger partial charge in [0.2, 0.25) is 5.91 Å². The first-order valence-corrected chi connectivity index (χ1v) is 18.1. The number of esters is 1. The van der Waals surface area contributed by atoms with Crippen molar-refractivity contribution in [2.24, 2.45) is 11.8 Å². The largest absolute Gasteiger partial charge is 0.457 e. The molecule has 0 saturated carbocycles. The fourth-order valence-electron chi connectivity index (χ4n) is 6.26. The Balaban J connectivity index is 1.61. The van der Waals surface area contributed by atoms with Crippen LogP contribution in [0.4, 0.5) is 4.79 Å². The van der Waals surface area contributed by atoms with Crippen molar-refractivity contribution in [1.82, 2.24) is 20.0 Å². The molecule has 1 unspecified atom stereocenters. The van der Waals surface area contributed by atoms with E-state index in [-0.39, 0.29) is 54.2 Å². The van der Waals surface area contributed by atoms with Crippen LogP contribution in [0, 0.1) is 11.8 Å². The number of fused-ring (bicyclic) bond motifs is 3. The number of thiocarbonyl (C=S) groups is 1. The zero-order chi connectivity index (χ0) is 31.0. The standard InChI is InChI=1S/C30H46N4O6SSi/c1-9-15-38-27(36)25-22-18-32(28(41)33(20-11-13-31-17-20)29(37)39-16-10-2)14-12-21(22)24-23(26(35)34(24)25)19(3)40-42(7,8)30(4,5)6/h9-10,19-21,23-24,31H,1-2,11-18H2,3-8H3/t19-,20?,21+,23-,24-/m1/s1. The monoisotopic (exact) mass is 618 g/mol. The molecular formula is C30H46N4O6SSi. The average molecular weight is 619 g/mol. The number of amides is 2. The molecule has 42 heavy (non-hydrogen) atoms. The van der Waals surface area contributed by atoms with Crippen LogP contribution in [-0.2, 0) is 23.5 Å². The van der Waals surface area contributed by atoms with Crippen LogP contribution in [0.5, 0.6) is 0 Å². The second-order valence-electron chi connectivity index (χ2n) is 13.1. The van der Waals surface area contributed by atoms with Gasteiger partial charge in [0.25, 0.3) is 0 Å². The Morgan fingerprint density at radius 3 is 2.45 bits per heavy atom. The smallest absolute Gasteiger partial charge is 0.416 e. The van der Waals surface area contributed by atoms with Crippen molar-refractivity contribution in [2.45, 2.75) is 76.9 Å². The minimum Gasteiger partial charge on any atom is -0.457 e. The molecule has 3 fully saturated rings. The molecule has 12 heteroatoms. The molecule has 0 aromatic rings. The van der Waals surface area contributed by atoms with Gasteiger partial charge in [-0.1, -0.05) is 46.1 Å². The number of nitrogens with zero attached hydrogens (tertiary/aromatic N) is 3. The topological polar surface area (TPSA) is 101 Å². The first-order chi connectivity index (χ1) is 19.7. The summed E-state index contributed by atoms with van der Waals surface area (Å²) < 4.78 is 17.5. The molecule has 2 amide bonds. The molecule has 0 aromatic heterocycles. The van der Waals surface area contributed by atoms with Crippen LogP contribution < -0.4 is 5.32 Å². The fraction of sp³-hybridized carbons (Fsp3) is 0.667. The first kappa shape index (κ1) is 32.4. The summed E-state index contributed by atoms with van der Waals surface area (Å²) in [6.07, 6.45) is 3.65. The van der Waals surface area contributed by atoms with Crippen molar-refractivity contribution < 1.29 is 28.3 Å². The minimum absolute atomic E-state index is 0.00104. The first-order valence-electron chi connectivity index (χ1n) is 14.8. The van der Waals surface area contributed by atoms with E-state index in [1.807, 2.05) is 11.8 Å². The van der Waals surface area contributed by atoms with Gasteiger partial charge in [0.15, 0.2) is 13.4 Å². The molecule has 4 aliphatic heterocycles. The summed E-state index contributed by atoms with van der Waals surface area (Å²) in [5, 5.41) is 3.64. The molecule has 232 valence electrons. The van der Waals surface area contributed by atoms with Crippen molar-refractivity contribution in [2.75, 3.05) is 39.4 Å². The van der Waals surface area contributed by atoms with Crippen molar-refractivity contribution in [3.63, 3.8) is 0 Å². The zero-order valence-electron chi connectivity index (χ0n) is 25.8. The van der Waals surface area contributed by atoms with Crippen LogP contribution in [0.25, 0.3) is 0 Å². The normalized spacial score (nSPS) is 26.2. The SMILES string of the molecule is C=CCOC(=O)C1=C2CN(C(=S)N(C(=O)OCC=C)C3CCNC3)CC[C@@H]2[C@@H]2[C@@H]([C@@H](C)O[Si](C)(C)C(C)(C)C)C(=O)N12. The van der Waals surface area contributed by atoms with Gasteiger partial charge in [-0.05, 0) is 62.2 Å². The second kappa shape index (κ2) is 12.6. The highest BCUT2D eigenvalue weighted by Crippen LogP contribution is 2.51. The molecule has 4 rings (SSSR count). The summed E-state index contributed by atoms with van der Waals surface area (Å²) >= 11 is 5.90. The molecular weight excluding hydrogens is 573 g/mol. The Morgan fingerprint density at radius 2 is 1.86 bits per heavy atom. The van der Waals surface area contributed by atoms with Crippen LogP contribution in [0.2, 0.25) is 18.1 Å². The average Bonchev–Trinajstić information content (AvgIpc) is 3.54. The van der Waals surface area contributed by atoms with Crippen LogP contribution >= 0.6 is 12.2 Å². The van der Waals surface area contributed by atoms with E-state index in [2.05, 4.69) is 52.3 Å². The highest BCUT2D eigenvalue weighted by atomic mass is 32.1. The van der Waals surface area contributed by atoms with Gasteiger partial charge < -0.3 is 29.0 Å². The number of rotatable bonds is 9. The van der Waals surface area contributed by atoms with Gasteiger partial charge >= 0.3 is 12.1 Å². The predicted molar refractivity (Wildman–Crippen MR) is 167 cm³/mol. The summed E-state index contributed by atoms with van der Waals surface area (Å²) in [7, 11) is -2.13. The highest BCUT2D eigenvalue weighted by Gasteiger charge is 2.63. The predicted octanol–water partition coefficient (Wildman–Crippen LogP) is 3.81. The number of β-lactam (4-membered cyclic amide) rings is 1. The quantitative estimate of drug-likeness (QED) is 0.136. The fourth-order valence-corrected chi connectivity index (χ4v) is 8.07.